The molecular formula is C26H46. The van der Waals surface area contributed by atoms with Crippen molar-refractivity contribution in [1.29, 1.82) is 0 Å². The summed E-state index contributed by atoms with van der Waals surface area (Å²) in [6, 6.07) is 0. The van der Waals surface area contributed by atoms with Crippen molar-refractivity contribution in [3.63, 3.8) is 0 Å². The van der Waals surface area contributed by atoms with Crippen LogP contribution in [0.3, 0.4) is 0 Å². The molecule has 1 aliphatic carbocycles. The SMILES string of the molecule is CC/C=C(\C)CC(C)(C)C/C=C(\C)CC(C)(C)C1=C(C)CCCC1(C)C. The normalized spacial score (nSPS) is 19.9. The third-order valence-corrected chi connectivity index (χ3v) is 6.17. The first kappa shape index (κ1) is 23.3. The van der Waals surface area contributed by atoms with Crippen LogP contribution in [-0.2, 0) is 0 Å². The largest absolute Gasteiger partial charge is 0.0859 e. The summed E-state index contributed by atoms with van der Waals surface area (Å²) in [6.45, 7) is 23.9. The summed E-state index contributed by atoms with van der Waals surface area (Å²) in [5, 5.41) is 0. The Morgan fingerprint density at radius 1 is 1.00 bits per heavy atom. The maximum atomic E-state index is 2.52. The maximum Gasteiger partial charge on any atom is -0.00998 e. The van der Waals surface area contributed by atoms with Gasteiger partial charge in [-0.05, 0) is 82.0 Å². The highest BCUT2D eigenvalue weighted by atomic mass is 14.4. The number of hydrogen-bond donors (Lipinski definition) is 0. The predicted octanol–water partition coefficient (Wildman–Crippen LogP) is 9.04. The van der Waals surface area contributed by atoms with Crippen LogP contribution >= 0.6 is 0 Å². The molecule has 1 aliphatic rings. The van der Waals surface area contributed by atoms with Gasteiger partial charge in [-0.15, -0.1) is 0 Å². The Balaban J connectivity index is 2.86. The summed E-state index contributed by atoms with van der Waals surface area (Å²) < 4.78 is 0. The molecule has 0 N–H and O–H groups in total. The van der Waals surface area contributed by atoms with E-state index in [-0.39, 0.29) is 5.41 Å². The Morgan fingerprint density at radius 2 is 1.58 bits per heavy atom. The predicted molar refractivity (Wildman–Crippen MR) is 120 cm³/mol. The Labute approximate surface area is 165 Å². The summed E-state index contributed by atoms with van der Waals surface area (Å²) >= 11 is 0. The van der Waals surface area contributed by atoms with Crippen molar-refractivity contribution in [2.45, 2.75) is 114 Å². The van der Waals surface area contributed by atoms with Crippen molar-refractivity contribution in [3.8, 4) is 0 Å². The zero-order valence-corrected chi connectivity index (χ0v) is 19.6. The molecule has 0 radical (unpaired) electrons. The van der Waals surface area contributed by atoms with Gasteiger partial charge in [-0.3, -0.25) is 0 Å². The minimum absolute atomic E-state index is 0.261. The van der Waals surface area contributed by atoms with Gasteiger partial charge in [-0.1, -0.05) is 82.9 Å². The Bertz CT molecular complexity index is 561. The van der Waals surface area contributed by atoms with Crippen molar-refractivity contribution < 1.29 is 0 Å². The lowest BCUT2D eigenvalue weighted by Crippen LogP contribution is -2.31. The second-order valence-electron chi connectivity index (χ2n) is 11.0. The first-order valence-corrected chi connectivity index (χ1v) is 10.8. The van der Waals surface area contributed by atoms with Crippen LogP contribution in [-0.4, -0.2) is 0 Å². The van der Waals surface area contributed by atoms with Gasteiger partial charge < -0.3 is 0 Å². The van der Waals surface area contributed by atoms with Gasteiger partial charge in [0.05, 0.1) is 0 Å². The van der Waals surface area contributed by atoms with Gasteiger partial charge in [0.2, 0.25) is 0 Å². The Kier molecular flexibility index (Phi) is 8.00. The molecule has 0 unspecified atom stereocenters. The molecule has 0 nitrogen and oxygen atoms in total. The molecule has 0 heterocycles. The van der Waals surface area contributed by atoms with Crippen LogP contribution in [0.15, 0.2) is 34.4 Å². The molecule has 0 atom stereocenters. The van der Waals surface area contributed by atoms with E-state index in [9.17, 15) is 0 Å². The molecule has 0 aromatic heterocycles. The minimum atomic E-state index is 0.261. The van der Waals surface area contributed by atoms with Gasteiger partial charge in [-0.2, -0.15) is 0 Å². The number of rotatable bonds is 8. The molecule has 0 heteroatoms. The summed E-state index contributed by atoms with van der Waals surface area (Å²) in [4.78, 5) is 0. The van der Waals surface area contributed by atoms with Gasteiger partial charge in [0.25, 0.3) is 0 Å². The first-order valence-electron chi connectivity index (χ1n) is 10.8. The fraction of sp³-hybridized carbons (Fsp3) is 0.769. The van der Waals surface area contributed by atoms with E-state index in [0.717, 1.165) is 6.42 Å². The lowest BCUT2D eigenvalue weighted by Gasteiger charge is -2.44. The second-order valence-corrected chi connectivity index (χ2v) is 11.0. The molecule has 0 aromatic rings. The monoisotopic (exact) mass is 358 g/mol. The topological polar surface area (TPSA) is 0 Å². The fourth-order valence-corrected chi connectivity index (χ4v) is 5.67. The molecule has 0 fully saturated rings. The van der Waals surface area contributed by atoms with Crippen LogP contribution in [0.2, 0.25) is 0 Å². The molecule has 0 spiro atoms. The van der Waals surface area contributed by atoms with Crippen LogP contribution in [0.4, 0.5) is 0 Å². The van der Waals surface area contributed by atoms with E-state index in [0.29, 0.717) is 10.8 Å². The molecule has 0 saturated heterocycles. The fourth-order valence-electron chi connectivity index (χ4n) is 5.67. The van der Waals surface area contributed by atoms with Crippen LogP contribution in [0.5, 0.6) is 0 Å². The summed E-state index contributed by atoms with van der Waals surface area (Å²) in [6.07, 6.45) is 13.6. The van der Waals surface area contributed by atoms with E-state index in [1.54, 1.807) is 16.7 Å². The maximum absolute atomic E-state index is 2.52. The van der Waals surface area contributed by atoms with Gasteiger partial charge in [-0.25, -0.2) is 0 Å². The zero-order valence-electron chi connectivity index (χ0n) is 19.6. The standard InChI is InChI=1S/C26H46/c1-11-13-20(2)18-24(5,6)17-15-21(3)19-26(9,10)23-22(4)14-12-16-25(23,7)8/h13,15H,11-12,14,16-19H2,1-10H3/b20-13+,21-15+. The first-order chi connectivity index (χ1) is 11.8. The van der Waals surface area contributed by atoms with E-state index in [4.69, 9.17) is 0 Å². The van der Waals surface area contributed by atoms with Gasteiger partial charge in [0, 0.05) is 0 Å². The van der Waals surface area contributed by atoms with Gasteiger partial charge >= 0.3 is 0 Å². The molecule has 150 valence electrons. The number of hydrogen-bond acceptors (Lipinski definition) is 0. The third-order valence-electron chi connectivity index (χ3n) is 6.17. The van der Waals surface area contributed by atoms with E-state index >= 15 is 0 Å². The summed E-state index contributed by atoms with van der Waals surface area (Å²) in [7, 11) is 0. The Morgan fingerprint density at radius 3 is 2.12 bits per heavy atom. The molecule has 26 heavy (non-hydrogen) atoms. The molecule has 0 aliphatic heterocycles. The molecule has 0 aromatic carbocycles. The molecule has 1 rings (SSSR count). The van der Waals surface area contributed by atoms with Crippen molar-refractivity contribution in [2.75, 3.05) is 0 Å². The van der Waals surface area contributed by atoms with Crippen molar-refractivity contribution in [2.24, 2.45) is 16.2 Å². The van der Waals surface area contributed by atoms with E-state index in [2.05, 4.69) is 81.4 Å². The third kappa shape index (κ3) is 6.75. The molecular weight excluding hydrogens is 312 g/mol. The summed E-state index contributed by atoms with van der Waals surface area (Å²) in [5.41, 5.74) is 7.44. The number of allylic oxidation sites excluding steroid dienone is 6. The van der Waals surface area contributed by atoms with Crippen LogP contribution < -0.4 is 0 Å². The minimum Gasteiger partial charge on any atom is -0.0859 e. The van der Waals surface area contributed by atoms with Crippen molar-refractivity contribution in [3.05, 3.63) is 34.4 Å². The lowest BCUT2D eigenvalue weighted by molar-refractivity contribution is 0.268. The van der Waals surface area contributed by atoms with Crippen LogP contribution in [0.1, 0.15) is 114 Å². The molecule has 0 bridgehead atoms. The quantitative estimate of drug-likeness (QED) is 0.379. The van der Waals surface area contributed by atoms with E-state index in [1.165, 1.54) is 44.1 Å². The highest BCUT2D eigenvalue weighted by Crippen LogP contribution is 2.51. The summed E-state index contributed by atoms with van der Waals surface area (Å²) in [5.74, 6) is 0. The van der Waals surface area contributed by atoms with Gasteiger partial charge in [0.15, 0.2) is 0 Å². The lowest BCUT2D eigenvalue weighted by atomic mass is 9.61. The van der Waals surface area contributed by atoms with Crippen molar-refractivity contribution in [1.82, 2.24) is 0 Å². The second kappa shape index (κ2) is 8.94. The van der Waals surface area contributed by atoms with Crippen LogP contribution in [0, 0.1) is 16.2 Å². The van der Waals surface area contributed by atoms with Crippen molar-refractivity contribution >= 4 is 0 Å². The Hall–Kier alpha value is -0.780. The van der Waals surface area contributed by atoms with E-state index in [1.807, 2.05) is 0 Å². The van der Waals surface area contributed by atoms with E-state index < -0.39 is 0 Å². The highest BCUT2D eigenvalue weighted by Gasteiger charge is 2.37. The van der Waals surface area contributed by atoms with Gasteiger partial charge in [0.1, 0.15) is 0 Å². The smallest absolute Gasteiger partial charge is 0.00998 e. The molecule has 0 saturated carbocycles. The average Bonchev–Trinajstić information content (AvgIpc) is 2.42. The highest BCUT2D eigenvalue weighted by molar-refractivity contribution is 5.30. The average molecular weight is 359 g/mol. The van der Waals surface area contributed by atoms with Crippen LogP contribution in [0.25, 0.3) is 0 Å². The zero-order chi connectivity index (χ0) is 20.2. The molecule has 0 amide bonds.